The molecule has 11 heteroatoms. The molecule has 5 rings (SSSR count). The summed E-state index contributed by atoms with van der Waals surface area (Å²) in [5, 5.41) is 18.0. The molecule has 2 aromatic carbocycles. The fourth-order valence-electron chi connectivity index (χ4n) is 5.79. The lowest BCUT2D eigenvalue weighted by atomic mass is 9.78. The van der Waals surface area contributed by atoms with Crippen LogP contribution in [-0.4, -0.2) is 73.3 Å². The quantitative estimate of drug-likeness (QED) is 0.508. The number of likely N-dealkylation sites (tertiary alicyclic amines) is 1. The van der Waals surface area contributed by atoms with Crippen LogP contribution in [0.3, 0.4) is 0 Å². The Labute approximate surface area is 247 Å². The number of rotatable bonds is 6. The summed E-state index contributed by atoms with van der Waals surface area (Å²) in [5.41, 5.74) is 1.27. The van der Waals surface area contributed by atoms with Gasteiger partial charge in [-0.05, 0) is 67.9 Å². The molecule has 3 aliphatic heterocycles. The molecule has 2 aromatic rings. The number of hydrogen-bond donors (Lipinski definition) is 2. The van der Waals surface area contributed by atoms with Gasteiger partial charge < -0.3 is 29.6 Å². The van der Waals surface area contributed by atoms with Crippen molar-refractivity contribution in [3.63, 3.8) is 0 Å². The minimum atomic E-state index is -0.766. The number of carbonyl (C=O) groups is 2. The molecule has 0 aromatic heterocycles. The van der Waals surface area contributed by atoms with E-state index in [1.807, 2.05) is 41.5 Å². The number of hydrogen-bond acceptors (Lipinski definition) is 8. The number of nitrogens with zero attached hydrogens (tertiary/aromatic N) is 3. The van der Waals surface area contributed by atoms with Crippen molar-refractivity contribution in [1.82, 2.24) is 15.5 Å². The van der Waals surface area contributed by atoms with Crippen LogP contribution < -0.4 is 16.1 Å². The van der Waals surface area contributed by atoms with Crippen LogP contribution in [0.25, 0.3) is 10.8 Å². The zero-order chi connectivity index (χ0) is 30.4. The van der Waals surface area contributed by atoms with Crippen LogP contribution >= 0.6 is 0 Å². The highest BCUT2D eigenvalue weighted by Crippen LogP contribution is 2.37. The largest absolute Gasteiger partial charge is 0.494 e. The molecule has 222 valence electrons. The van der Waals surface area contributed by atoms with Crippen LogP contribution in [0.15, 0.2) is 41.4 Å². The number of fused-ring (bicyclic) bond motifs is 1. The number of nitriles is 1. The van der Waals surface area contributed by atoms with Crippen molar-refractivity contribution < 1.29 is 23.6 Å². The Hall–Kier alpha value is -3.62. The Morgan fingerprint density at radius 1 is 1.14 bits per heavy atom. The second-order valence-corrected chi connectivity index (χ2v) is 12.8. The van der Waals surface area contributed by atoms with Gasteiger partial charge in [-0.3, -0.25) is 9.79 Å². The van der Waals surface area contributed by atoms with Gasteiger partial charge in [-0.2, -0.15) is 5.26 Å². The molecular weight excluding hydrogens is 533 g/mol. The molecule has 0 radical (unpaired) electrons. The number of methoxy groups -OCH3 is 1. The Morgan fingerprint density at radius 3 is 2.45 bits per heavy atom. The molecule has 0 aliphatic carbocycles. The minimum Gasteiger partial charge on any atom is -0.453 e. The molecule has 0 spiro atoms. The highest BCUT2D eigenvalue weighted by molar-refractivity contribution is 6.62. The van der Waals surface area contributed by atoms with Crippen molar-refractivity contribution in [2.24, 2.45) is 16.8 Å². The molecule has 2 fully saturated rings. The van der Waals surface area contributed by atoms with E-state index in [0.717, 1.165) is 21.8 Å². The van der Waals surface area contributed by atoms with Crippen molar-refractivity contribution in [1.29, 1.82) is 5.26 Å². The normalized spacial score (nSPS) is 25.2. The summed E-state index contributed by atoms with van der Waals surface area (Å²) in [6.45, 7) is 12.7. The van der Waals surface area contributed by atoms with E-state index in [2.05, 4.69) is 53.1 Å². The maximum Gasteiger partial charge on any atom is 0.494 e. The number of aliphatic imine (C=N–C) groups is 1. The molecule has 0 bridgehead atoms. The van der Waals surface area contributed by atoms with Crippen LogP contribution in [0.2, 0.25) is 0 Å². The van der Waals surface area contributed by atoms with Crippen LogP contribution in [0.4, 0.5) is 4.79 Å². The van der Waals surface area contributed by atoms with Gasteiger partial charge in [0.25, 0.3) is 0 Å². The Kier molecular flexibility index (Phi) is 7.99. The monoisotopic (exact) mass is 573 g/mol. The molecule has 10 nitrogen and oxygen atoms in total. The van der Waals surface area contributed by atoms with E-state index in [0.29, 0.717) is 25.3 Å². The lowest BCUT2D eigenvalue weighted by molar-refractivity contribution is -0.134. The molecular formula is C31H40BN5O5. The van der Waals surface area contributed by atoms with E-state index in [4.69, 9.17) is 19.0 Å². The molecule has 1 unspecified atom stereocenters. The summed E-state index contributed by atoms with van der Waals surface area (Å²) >= 11 is 0. The molecule has 3 heterocycles. The third-order valence-electron chi connectivity index (χ3n) is 9.06. The van der Waals surface area contributed by atoms with E-state index < -0.39 is 30.5 Å². The summed E-state index contributed by atoms with van der Waals surface area (Å²) in [7, 11) is 0.851. The third kappa shape index (κ3) is 5.58. The second kappa shape index (κ2) is 11.2. The summed E-state index contributed by atoms with van der Waals surface area (Å²) in [5.74, 6) is -0.0164. The Morgan fingerprint density at radius 2 is 1.81 bits per heavy atom. The highest BCUT2D eigenvalue weighted by Gasteiger charge is 2.51. The first kappa shape index (κ1) is 29.9. The van der Waals surface area contributed by atoms with E-state index in [1.165, 1.54) is 7.11 Å². The molecule has 2 N–H and O–H groups in total. The first-order valence-corrected chi connectivity index (χ1v) is 14.6. The number of amides is 2. The zero-order valence-corrected chi connectivity index (χ0v) is 25.4. The van der Waals surface area contributed by atoms with E-state index in [1.54, 1.807) is 4.90 Å². The summed E-state index contributed by atoms with van der Waals surface area (Å²) < 4.78 is 17.2. The molecule has 3 aliphatic rings. The predicted molar refractivity (Wildman–Crippen MR) is 161 cm³/mol. The van der Waals surface area contributed by atoms with Crippen LogP contribution in [0.1, 0.15) is 59.6 Å². The van der Waals surface area contributed by atoms with Crippen molar-refractivity contribution in [2.45, 2.75) is 77.3 Å². The third-order valence-corrected chi connectivity index (χ3v) is 9.06. The van der Waals surface area contributed by atoms with Gasteiger partial charge in [-0.25, -0.2) is 4.79 Å². The lowest BCUT2D eigenvalue weighted by Crippen LogP contribution is -2.55. The fraction of sp³-hybridized carbons (Fsp3) is 0.548. The first-order valence-electron chi connectivity index (χ1n) is 14.6. The van der Waals surface area contributed by atoms with Gasteiger partial charge in [0.1, 0.15) is 11.9 Å². The average molecular weight is 574 g/mol. The fourth-order valence-corrected chi connectivity index (χ4v) is 5.79. The van der Waals surface area contributed by atoms with Crippen molar-refractivity contribution in [3.8, 4) is 6.07 Å². The summed E-state index contributed by atoms with van der Waals surface area (Å²) in [4.78, 5) is 32.0. The standard InChI is InChI=1S/C31H40BN5O5/c1-18(2)26(36-29(39)40-7)28(38)37-17-19(15-33)12-25(37)27-34-16-24(35-27)22-9-8-21-14-23(11-10-20(21)13-22)32-41-30(3,4)31(5,6)42-32/h8-11,13-14,18-19,24-26H,12,16-17H2,1-7H3,(H,34,35)(H,36,39)/t19-,24?,25+,26+/m1/s1. The molecule has 4 atom stereocenters. The van der Waals surface area contributed by atoms with Crippen molar-refractivity contribution >= 4 is 41.2 Å². The number of amidine groups is 1. The predicted octanol–water partition coefficient (Wildman–Crippen LogP) is 3.30. The van der Waals surface area contributed by atoms with Crippen LogP contribution in [0.5, 0.6) is 0 Å². The number of ether oxygens (including phenoxy) is 1. The number of carbonyl (C=O) groups excluding carboxylic acids is 2. The number of benzene rings is 2. The highest BCUT2D eigenvalue weighted by atomic mass is 16.7. The van der Waals surface area contributed by atoms with Gasteiger partial charge in [-0.15, -0.1) is 0 Å². The minimum absolute atomic E-state index is 0.0562. The zero-order valence-electron chi connectivity index (χ0n) is 25.4. The van der Waals surface area contributed by atoms with E-state index in [9.17, 15) is 14.9 Å². The number of alkyl carbamates (subject to hydrolysis) is 1. The average Bonchev–Trinajstić information content (AvgIpc) is 3.66. The Bertz CT molecular complexity index is 1430. The second-order valence-electron chi connectivity index (χ2n) is 12.8. The molecule has 42 heavy (non-hydrogen) atoms. The van der Waals surface area contributed by atoms with Crippen LogP contribution in [-0.2, 0) is 18.8 Å². The van der Waals surface area contributed by atoms with E-state index >= 15 is 0 Å². The maximum absolute atomic E-state index is 13.6. The molecule has 0 saturated carbocycles. The van der Waals surface area contributed by atoms with Gasteiger partial charge in [0.05, 0.1) is 48.9 Å². The maximum atomic E-state index is 13.6. The van der Waals surface area contributed by atoms with Gasteiger partial charge in [0.2, 0.25) is 5.91 Å². The molecule has 2 amide bonds. The molecule has 2 saturated heterocycles. The van der Waals surface area contributed by atoms with Gasteiger partial charge in [-0.1, -0.05) is 44.2 Å². The smallest absolute Gasteiger partial charge is 0.453 e. The van der Waals surface area contributed by atoms with Gasteiger partial charge >= 0.3 is 13.2 Å². The van der Waals surface area contributed by atoms with E-state index in [-0.39, 0.29) is 29.8 Å². The first-order chi connectivity index (χ1) is 19.8. The number of nitrogens with one attached hydrogen (secondary N) is 2. The van der Waals surface area contributed by atoms with Crippen LogP contribution in [0, 0.1) is 23.2 Å². The van der Waals surface area contributed by atoms with Crippen molar-refractivity contribution in [2.75, 3.05) is 20.2 Å². The summed E-state index contributed by atoms with van der Waals surface area (Å²) in [6.07, 6.45) is -0.172. The summed E-state index contributed by atoms with van der Waals surface area (Å²) in [6, 6.07) is 13.7. The van der Waals surface area contributed by atoms with Gasteiger partial charge in [0.15, 0.2) is 0 Å². The topological polar surface area (TPSA) is 125 Å². The lowest BCUT2D eigenvalue weighted by Gasteiger charge is -2.32. The SMILES string of the molecule is COC(=O)N[C@H](C(=O)N1C[C@@H](C#N)C[C@H]1C1=NCC(c2ccc3cc(B4OC(C)(C)C(C)(C)O4)ccc3c2)N1)C(C)C. The van der Waals surface area contributed by atoms with Gasteiger partial charge in [0, 0.05) is 6.54 Å². The van der Waals surface area contributed by atoms with Crippen molar-refractivity contribution in [3.05, 3.63) is 42.0 Å². The Balaban J connectivity index is 1.31.